The van der Waals surface area contributed by atoms with Crippen LogP contribution in [0.5, 0.6) is 0 Å². The highest BCUT2D eigenvalue weighted by Crippen LogP contribution is 2.30. The van der Waals surface area contributed by atoms with E-state index in [0.29, 0.717) is 16.6 Å². The van der Waals surface area contributed by atoms with Gasteiger partial charge >= 0.3 is 0 Å². The van der Waals surface area contributed by atoms with Gasteiger partial charge in [0.25, 0.3) is 0 Å². The molecule has 13 heavy (non-hydrogen) atoms. The van der Waals surface area contributed by atoms with Crippen molar-refractivity contribution in [3.63, 3.8) is 0 Å². The maximum atomic E-state index is 5.98. The van der Waals surface area contributed by atoms with Crippen molar-refractivity contribution in [2.24, 2.45) is 5.73 Å². The molecule has 0 fully saturated rings. The fraction of sp³-hybridized carbons (Fsp3) is 0.333. The van der Waals surface area contributed by atoms with E-state index in [1.807, 2.05) is 12.1 Å². The second-order valence-electron chi connectivity index (χ2n) is 2.60. The van der Waals surface area contributed by atoms with E-state index < -0.39 is 0 Å². The summed E-state index contributed by atoms with van der Waals surface area (Å²) in [6.07, 6.45) is -0.189. The lowest BCUT2D eigenvalue weighted by molar-refractivity contribution is 0.110. The van der Waals surface area contributed by atoms with Crippen molar-refractivity contribution in [2.45, 2.75) is 6.10 Å². The number of benzene rings is 1. The lowest BCUT2D eigenvalue weighted by Gasteiger charge is -2.15. The smallest absolute Gasteiger partial charge is 0.0958 e. The van der Waals surface area contributed by atoms with Gasteiger partial charge in [0, 0.05) is 19.2 Å². The lowest BCUT2D eigenvalue weighted by Crippen LogP contribution is -2.14. The van der Waals surface area contributed by atoms with Gasteiger partial charge in [-0.2, -0.15) is 0 Å². The van der Waals surface area contributed by atoms with Gasteiger partial charge in [0.1, 0.15) is 0 Å². The lowest BCUT2D eigenvalue weighted by atomic mass is 10.1. The fourth-order valence-electron chi connectivity index (χ4n) is 1.12. The number of hydrogen-bond acceptors (Lipinski definition) is 2. The van der Waals surface area contributed by atoms with E-state index in [1.54, 1.807) is 13.2 Å². The summed E-state index contributed by atoms with van der Waals surface area (Å²) in [5, 5.41) is 1.04. The Morgan fingerprint density at radius 1 is 1.46 bits per heavy atom. The largest absolute Gasteiger partial charge is 0.375 e. The molecule has 0 aliphatic heterocycles. The summed E-state index contributed by atoms with van der Waals surface area (Å²) in [5.74, 6) is 0. The minimum absolute atomic E-state index is 0.189. The summed E-state index contributed by atoms with van der Waals surface area (Å²) < 4.78 is 5.15. The molecule has 0 heterocycles. The molecule has 0 saturated carbocycles. The van der Waals surface area contributed by atoms with Gasteiger partial charge in [0.2, 0.25) is 0 Å². The molecule has 0 bridgehead atoms. The fourth-order valence-corrected chi connectivity index (χ4v) is 1.55. The average molecular weight is 220 g/mol. The van der Waals surface area contributed by atoms with Gasteiger partial charge in [-0.25, -0.2) is 0 Å². The van der Waals surface area contributed by atoms with Crippen LogP contribution in [0, 0.1) is 0 Å². The highest BCUT2D eigenvalue weighted by atomic mass is 35.5. The zero-order valence-electron chi connectivity index (χ0n) is 7.26. The number of hydrogen-bond donors (Lipinski definition) is 1. The molecule has 0 aliphatic rings. The van der Waals surface area contributed by atoms with Crippen LogP contribution >= 0.6 is 23.2 Å². The molecule has 2 nitrogen and oxygen atoms in total. The van der Waals surface area contributed by atoms with Crippen molar-refractivity contribution in [1.82, 2.24) is 0 Å². The van der Waals surface area contributed by atoms with Crippen molar-refractivity contribution in [3.8, 4) is 0 Å². The van der Waals surface area contributed by atoms with Crippen LogP contribution in [0.3, 0.4) is 0 Å². The summed E-state index contributed by atoms with van der Waals surface area (Å²) in [5.41, 5.74) is 6.34. The van der Waals surface area contributed by atoms with E-state index in [0.717, 1.165) is 5.56 Å². The molecule has 0 aliphatic carbocycles. The van der Waals surface area contributed by atoms with E-state index in [-0.39, 0.29) is 6.10 Å². The van der Waals surface area contributed by atoms with E-state index in [4.69, 9.17) is 33.7 Å². The van der Waals surface area contributed by atoms with E-state index in [2.05, 4.69) is 0 Å². The molecule has 1 aromatic rings. The summed E-state index contributed by atoms with van der Waals surface area (Å²) in [4.78, 5) is 0. The maximum Gasteiger partial charge on any atom is 0.0958 e. The molecular weight excluding hydrogens is 209 g/mol. The van der Waals surface area contributed by atoms with Crippen LogP contribution in [0.4, 0.5) is 0 Å². The maximum absolute atomic E-state index is 5.98. The predicted molar refractivity (Wildman–Crippen MR) is 55.3 cm³/mol. The van der Waals surface area contributed by atoms with Gasteiger partial charge in [-0.3, -0.25) is 0 Å². The highest BCUT2D eigenvalue weighted by Gasteiger charge is 2.13. The van der Waals surface area contributed by atoms with Crippen LogP contribution in [0.2, 0.25) is 10.0 Å². The molecule has 1 aromatic carbocycles. The van der Waals surface area contributed by atoms with Crippen molar-refractivity contribution in [3.05, 3.63) is 33.8 Å². The quantitative estimate of drug-likeness (QED) is 0.849. The number of nitrogens with two attached hydrogens (primary N) is 1. The van der Waals surface area contributed by atoms with Crippen LogP contribution in [0.25, 0.3) is 0 Å². The number of methoxy groups -OCH3 is 1. The SMILES string of the molecule is COC(CN)c1cccc(Cl)c1Cl. The molecule has 0 amide bonds. The van der Waals surface area contributed by atoms with Gasteiger partial charge in [-0.1, -0.05) is 35.3 Å². The summed E-state index contributed by atoms with van der Waals surface area (Å²) in [6, 6.07) is 5.41. The first-order valence-corrected chi connectivity index (χ1v) is 4.63. The topological polar surface area (TPSA) is 35.2 Å². The Morgan fingerprint density at radius 2 is 2.15 bits per heavy atom. The summed E-state index contributed by atoms with van der Waals surface area (Å²) >= 11 is 11.8. The minimum Gasteiger partial charge on any atom is -0.375 e. The number of ether oxygens (including phenoxy) is 1. The molecule has 1 atom stereocenters. The third-order valence-electron chi connectivity index (χ3n) is 1.83. The van der Waals surface area contributed by atoms with Crippen LogP contribution in [0.1, 0.15) is 11.7 Å². The summed E-state index contributed by atoms with van der Waals surface area (Å²) in [6.45, 7) is 0.385. The minimum atomic E-state index is -0.189. The van der Waals surface area contributed by atoms with Gasteiger partial charge in [0.05, 0.1) is 16.1 Å². The summed E-state index contributed by atoms with van der Waals surface area (Å²) in [7, 11) is 1.59. The first-order chi connectivity index (χ1) is 6.20. The van der Waals surface area contributed by atoms with Crippen LogP contribution in [0.15, 0.2) is 18.2 Å². The Labute approximate surface area is 87.6 Å². The molecule has 1 rings (SSSR count). The molecule has 0 spiro atoms. The first-order valence-electron chi connectivity index (χ1n) is 3.87. The molecule has 1 unspecified atom stereocenters. The van der Waals surface area contributed by atoms with E-state index in [9.17, 15) is 0 Å². The second-order valence-corrected chi connectivity index (χ2v) is 3.39. The number of halogens is 2. The Hall–Kier alpha value is -0.280. The molecule has 72 valence electrons. The van der Waals surface area contributed by atoms with Crippen molar-refractivity contribution in [1.29, 1.82) is 0 Å². The molecule has 0 radical (unpaired) electrons. The van der Waals surface area contributed by atoms with E-state index in [1.165, 1.54) is 0 Å². The van der Waals surface area contributed by atoms with Gasteiger partial charge in [-0.05, 0) is 6.07 Å². The third kappa shape index (κ3) is 2.35. The van der Waals surface area contributed by atoms with Crippen LogP contribution < -0.4 is 5.73 Å². The Balaban J connectivity index is 3.05. The van der Waals surface area contributed by atoms with E-state index >= 15 is 0 Å². The second kappa shape index (κ2) is 4.82. The highest BCUT2D eigenvalue weighted by molar-refractivity contribution is 6.42. The molecule has 2 N–H and O–H groups in total. The van der Waals surface area contributed by atoms with Gasteiger partial charge in [0.15, 0.2) is 0 Å². The van der Waals surface area contributed by atoms with Crippen molar-refractivity contribution in [2.75, 3.05) is 13.7 Å². The molecule has 4 heteroatoms. The molecule has 0 saturated heterocycles. The third-order valence-corrected chi connectivity index (χ3v) is 2.66. The first kappa shape index (κ1) is 10.8. The van der Waals surface area contributed by atoms with Crippen LogP contribution in [-0.2, 0) is 4.74 Å². The predicted octanol–water partition coefficient (Wildman–Crippen LogP) is 2.64. The molecule has 0 aromatic heterocycles. The Bertz CT molecular complexity index is 287. The standard InChI is InChI=1S/C9H11Cl2NO/c1-13-8(5-12)6-3-2-4-7(10)9(6)11/h2-4,8H,5,12H2,1H3. The zero-order valence-corrected chi connectivity index (χ0v) is 8.77. The monoisotopic (exact) mass is 219 g/mol. The van der Waals surface area contributed by atoms with Crippen molar-refractivity contribution < 1.29 is 4.74 Å². The molecular formula is C9H11Cl2NO. The van der Waals surface area contributed by atoms with Gasteiger partial charge in [-0.15, -0.1) is 0 Å². The normalized spacial score (nSPS) is 12.9. The Kier molecular flexibility index (Phi) is 4.00. The average Bonchev–Trinajstić information content (AvgIpc) is 2.14. The van der Waals surface area contributed by atoms with Gasteiger partial charge < -0.3 is 10.5 Å². The zero-order chi connectivity index (χ0) is 9.84. The van der Waals surface area contributed by atoms with Crippen molar-refractivity contribution >= 4 is 23.2 Å². The Morgan fingerprint density at radius 3 is 2.69 bits per heavy atom. The van der Waals surface area contributed by atoms with Crippen LogP contribution in [-0.4, -0.2) is 13.7 Å². The number of rotatable bonds is 3.